The van der Waals surface area contributed by atoms with Crippen LogP contribution in [0.3, 0.4) is 0 Å². The third-order valence-electron chi connectivity index (χ3n) is 3.68. The number of allylic oxidation sites excluding steroid dienone is 2. The average Bonchev–Trinajstić information content (AvgIpc) is 2.56. The van der Waals surface area contributed by atoms with Crippen LogP contribution < -0.4 is 5.43 Å². The molecule has 23 heavy (non-hydrogen) atoms. The fourth-order valence-corrected chi connectivity index (χ4v) is 2.29. The predicted octanol–water partition coefficient (Wildman–Crippen LogP) is 4.08. The van der Waals surface area contributed by atoms with Gasteiger partial charge in [-0.25, -0.2) is 0 Å². The molecule has 1 N–H and O–H groups in total. The first-order valence-electron chi connectivity index (χ1n) is 7.52. The Balaban J connectivity index is 1.85. The monoisotopic (exact) mass is 298 g/mol. The number of rotatable bonds is 1. The van der Waals surface area contributed by atoms with Gasteiger partial charge in [0.15, 0.2) is 0 Å². The topological polar surface area (TPSA) is 24.4 Å². The number of nitrogens with zero attached hydrogens (tertiary/aromatic N) is 1. The molecular formula is C21H18N2. The van der Waals surface area contributed by atoms with Gasteiger partial charge in [-0.15, -0.1) is 0 Å². The fraction of sp³-hybridized carbons (Fsp3) is 0.0952. The van der Waals surface area contributed by atoms with Gasteiger partial charge >= 0.3 is 0 Å². The molecule has 1 heterocycles. The average molecular weight is 298 g/mol. The van der Waals surface area contributed by atoms with Gasteiger partial charge in [0.25, 0.3) is 0 Å². The first-order valence-corrected chi connectivity index (χ1v) is 7.52. The van der Waals surface area contributed by atoms with Crippen molar-refractivity contribution in [3.05, 3.63) is 94.7 Å². The summed E-state index contributed by atoms with van der Waals surface area (Å²) in [5.74, 6) is 6.46. The molecule has 112 valence electrons. The predicted molar refractivity (Wildman–Crippen MR) is 96.3 cm³/mol. The van der Waals surface area contributed by atoms with Crippen LogP contribution in [0.5, 0.6) is 0 Å². The van der Waals surface area contributed by atoms with Crippen LogP contribution in [-0.2, 0) is 0 Å². The lowest BCUT2D eigenvalue weighted by Crippen LogP contribution is -2.12. The summed E-state index contributed by atoms with van der Waals surface area (Å²) >= 11 is 0. The van der Waals surface area contributed by atoms with Gasteiger partial charge in [0.2, 0.25) is 0 Å². The summed E-state index contributed by atoms with van der Waals surface area (Å²) in [5, 5.41) is 4.30. The highest BCUT2D eigenvalue weighted by Crippen LogP contribution is 2.14. The van der Waals surface area contributed by atoms with E-state index in [0.29, 0.717) is 0 Å². The first-order chi connectivity index (χ1) is 11.1. The van der Waals surface area contributed by atoms with Gasteiger partial charge in [-0.1, -0.05) is 42.2 Å². The molecule has 0 bridgehead atoms. The Morgan fingerprint density at radius 3 is 2.39 bits per heavy atom. The maximum Gasteiger partial charge on any atom is 0.0906 e. The molecule has 0 aromatic heterocycles. The molecule has 0 spiro atoms. The van der Waals surface area contributed by atoms with E-state index in [1.54, 1.807) is 0 Å². The summed E-state index contributed by atoms with van der Waals surface area (Å²) in [4.78, 5) is 0. The van der Waals surface area contributed by atoms with Crippen molar-refractivity contribution in [2.45, 2.75) is 13.8 Å². The lowest BCUT2D eigenvalue weighted by atomic mass is 10.0. The van der Waals surface area contributed by atoms with E-state index in [-0.39, 0.29) is 0 Å². The normalized spacial score (nSPS) is 13.0. The molecule has 2 nitrogen and oxygen atoms in total. The quantitative estimate of drug-likeness (QED) is 0.788. The van der Waals surface area contributed by atoms with E-state index < -0.39 is 0 Å². The third-order valence-corrected chi connectivity index (χ3v) is 3.68. The number of hydrazone groups is 1. The molecule has 0 saturated carbocycles. The van der Waals surface area contributed by atoms with Gasteiger partial charge in [-0.05, 0) is 55.8 Å². The van der Waals surface area contributed by atoms with Gasteiger partial charge in [0.1, 0.15) is 0 Å². The largest absolute Gasteiger partial charge is 0.279 e. The van der Waals surface area contributed by atoms with Crippen LogP contribution in [0, 0.1) is 25.7 Å². The minimum atomic E-state index is 0.797. The van der Waals surface area contributed by atoms with Crippen molar-refractivity contribution < 1.29 is 0 Å². The van der Waals surface area contributed by atoms with Crippen molar-refractivity contribution in [2.75, 3.05) is 0 Å². The molecule has 0 fully saturated rings. The van der Waals surface area contributed by atoms with E-state index in [4.69, 9.17) is 0 Å². The molecule has 0 radical (unpaired) electrons. The van der Waals surface area contributed by atoms with E-state index in [1.807, 2.05) is 36.4 Å². The van der Waals surface area contributed by atoms with Crippen LogP contribution >= 0.6 is 0 Å². The van der Waals surface area contributed by atoms with Crippen LogP contribution in [0.25, 0.3) is 0 Å². The van der Waals surface area contributed by atoms with Gasteiger partial charge in [0.05, 0.1) is 5.71 Å². The SMILES string of the molecule is C=C1C=CC(c2ccc(C#Cc3ccc(C)cc3)c(C)c2)=NN1. The van der Waals surface area contributed by atoms with Crippen molar-refractivity contribution in [1.29, 1.82) is 0 Å². The van der Waals surface area contributed by atoms with Crippen LogP contribution in [-0.4, -0.2) is 5.71 Å². The number of aryl methyl sites for hydroxylation is 2. The van der Waals surface area contributed by atoms with Crippen LogP contribution in [0.1, 0.15) is 27.8 Å². The van der Waals surface area contributed by atoms with E-state index in [0.717, 1.165) is 33.7 Å². The molecule has 0 saturated heterocycles. The third kappa shape index (κ3) is 3.59. The Hall–Kier alpha value is -3.05. The lowest BCUT2D eigenvalue weighted by molar-refractivity contribution is 0.914. The second-order valence-corrected chi connectivity index (χ2v) is 5.61. The van der Waals surface area contributed by atoms with E-state index >= 15 is 0 Å². The van der Waals surface area contributed by atoms with Gasteiger partial charge < -0.3 is 0 Å². The molecule has 1 aliphatic rings. The molecule has 0 amide bonds. The van der Waals surface area contributed by atoms with Crippen molar-refractivity contribution in [3.63, 3.8) is 0 Å². The summed E-state index contributed by atoms with van der Waals surface area (Å²) in [6.07, 6.45) is 3.88. The number of nitrogens with one attached hydrogen (secondary N) is 1. The van der Waals surface area contributed by atoms with E-state index in [9.17, 15) is 0 Å². The molecule has 3 rings (SSSR count). The highest BCUT2D eigenvalue weighted by Gasteiger charge is 2.06. The van der Waals surface area contributed by atoms with Crippen LogP contribution in [0.4, 0.5) is 0 Å². The summed E-state index contributed by atoms with van der Waals surface area (Å²) in [6.45, 7) is 7.96. The molecule has 2 heteroatoms. The Morgan fingerprint density at radius 1 is 0.957 bits per heavy atom. The second kappa shape index (κ2) is 6.37. The zero-order valence-corrected chi connectivity index (χ0v) is 13.4. The molecule has 1 aliphatic heterocycles. The van der Waals surface area contributed by atoms with Crippen molar-refractivity contribution >= 4 is 5.71 Å². The Kier molecular flexibility index (Phi) is 4.12. The molecule has 0 unspecified atom stereocenters. The fourth-order valence-electron chi connectivity index (χ4n) is 2.29. The zero-order chi connectivity index (χ0) is 16.2. The molecule has 2 aromatic carbocycles. The minimum Gasteiger partial charge on any atom is -0.279 e. The Morgan fingerprint density at radius 2 is 1.74 bits per heavy atom. The van der Waals surface area contributed by atoms with Gasteiger partial charge in [-0.2, -0.15) is 5.10 Å². The maximum absolute atomic E-state index is 4.30. The summed E-state index contributed by atoms with van der Waals surface area (Å²) < 4.78 is 0. The van der Waals surface area contributed by atoms with E-state index in [1.165, 1.54) is 5.56 Å². The van der Waals surface area contributed by atoms with Crippen LogP contribution in [0.2, 0.25) is 0 Å². The van der Waals surface area contributed by atoms with Crippen molar-refractivity contribution in [2.24, 2.45) is 5.10 Å². The first kappa shape index (κ1) is 14.9. The van der Waals surface area contributed by atoms with Crippen molar-refractivity contribution in [1.82, 2.24) is 5.43 Å². The molecule has 0 aliphatic carbocycles. The van der Waals surface area contributed by atoms with Crippen molar-refractivity contribution in [3.8, 4) is 11.8 Å². The standard InChI is InChI=1S/C21H18N2/c1-15-4-7-18(8-5-15)9-10-19-11-12-20(14-16(19)2)21-13-6-17(3)22-23-21/h4-8,11-14,22H,3H2,1-2H3. The molecule has 0 atom stereocenters. The zero-order valence-electron chi connectivity index (χ0n) is 13.4. The smallest absolute Gasteiger partial charge is 0.0906 e. The maximum atomic E-state index is 4.30. The Bertz CT molecular complexity index is 872. The summed E-state index contributed by atoms with van der Waals surface area (Å²) in [6, 6.07) is 14.5. The number of hydrogen-bond donors (Lipinski definition) is 1. The molecule has 2 aromatic rings. The van der Waals surface area contributed by atoms with Crippen LogP contribution in [0.15, 0.2) is 72.0 Å². The minimum absolute atomic E-state index is 0.797. The van der Waals surface area contributed by atoms with E-state index in [2.05, 4.69) is 61.0 Å². The van der Waals surface area contributed by atoms with Gasteiger partial charge in [0, 0.05) is 22.4 Å². The second-order valence-electron chi connectivity index (χ2n) is 5.61. The number of hydrogen-bond acceptors (Lipinski definition) is 2. The Labute approximate surface area is 137 Å². The lowest BCUT2D eigenvalue weighted by Gasteiger charge is -2.10. The highest BCUT2D eigenvalue weighted by molar-refractivity contribution is 6.09. The summed E-state index contributed by atoms with van der Waals surface area (Å²) in [5.41, 5.74) is 10.1. The highest BCUT2D eigenvalue weighted by atomic mass is 15.3. The molecular weight excluding hydrogens is 280 g/mol. The number of benzene rings is 2. The summed E-state index contributed by atoms with van der Waals surface area (Å²) in [7, 11) is 0. The van der Waals surface area contributed by atoms with Gasteiger partial charge in [-0.3, -0.25) is 5.43 Å².